The number of amides is 1. The highest BCUT2D eigenvalue weighted by Crippen LogP contribution is 2.12. The van der Waals surface area contributed by atoms with Crippen LogP contribution in [0.2, 0.25) is 0 Å². The van der Waals surface area contributed by atoms with Gasteiger partial charge < -0.3 is 20.4 Å². The molecule has 0 aliphatic rings. The SMILES string of the molecule is Cc1ccccc1NC(=S)NCC(=O)NCc1ccco1. The second kappa shape index (κ2) is 7.44. The van der Waals surface area contributed by atoms with Gasteiger partial charge >= 0.3 is 0 Å². The summed E-state index contributed by atoms with van der Waals surface area (Å²) in [6.45, 7) is 2.46. The number of furan rings is 1. The maximum atomic E-state index is 11.7. The van der Waals surface area contributed by atoms with E-state index in [0.717, 1.165) is 11.3 Å². The number of hydrogen-bond donors (Lipinski definition) is 3. The van der Waals surface area contributed by atoms with Gasteiger partial charge in [0.15, 0.2) is 5.11 Å². The van der Waals surface area contributed by atoms with Crippen molar-refractivity contribution in [3.63, 3.8) is 0 Å². The number of hydrogen-bond acceptors (Lipinski definition) is 3. The second-order valence-corrected chi connectivity index (χ2v) is 4.89. The summed E-state index contributed by atoms with van der Waals surface area (Å²) < 4.78 is 5.13. The largest absolute Gasteiger partial charge is 0.467 e. The van der Waals surface area contributed by atoms with E-state index in [1.807, 2.05) is 31.2 Å². The zero-order chi connectivity index (χ0) is 15.1. The molecule has 0 radical (unpaired) electrons. The molecule has 0 saturated heterocycles. The molecule has 1 amide bonds. The molecule has 110 valence electrons. The fourth-order valence-corrected chi connectivity index (χ4v) is 1.88. The van der Waals surface area contributed by atoms with Gasteiger partial charge in [-0.1, -0.05) is 18.2 Å². The van der Waals surface area contributed by atoms with Crippen LogP contribution in [0.25, 0.3) is 0 Å². The Morgan fingerprint density at radius 1 is 1.19 bits per heavy atom. The topological polar surface area (TPSA) is 66.3 Å². The number of rotatable bonds is 5. The van der Waals surface area contributed by atoms with E-state index in [1.54, 1.807) is 18.4 Å². The van der Waals surface area contributed by atoms with Crippen LogP contribution in [0.4, 0.5) is 5.69 Å². The summed E-state index contributed by atoms with van der Waals surface area (Å²) in [5.74, 6) is 0.560. The molecule has 0 unspecified atom stereocenters. The molecule has 2 aromatic rings. The molecule has 3 N–H and O–H groups in total. The van der Waals surface area contributed by atoms with Crippen molar-refractivity contribution in [1.29, 1.82) is 0 Å². The van der Waals surface area contributed by atoms with Crippen LogP contribution in [0.1, 0.15) is 11.3 Å². The Morgan fingerprint density at radius 2 is 2.00 bits per heavy atom. The Labute approximate surface area is 128 Å². The van der Waals surface area contributed by atoms with E-state index >= 15 is 0 Å². The van der Waals surface area contributed by atoms with Crippen LogP contribution in [0.5, 0.6) is 0 Å². The lowest BCUT2D eigenvalue weighted by atomic mass is 10.2. The maximum absolute atomic E-state index is 11.7. The normalized spacial score (nSPS) is 9.95. The standard InChI is InChI=1S/C15H17N3O2S/c1-11-5-2-3-7-13(11)18-15(21)17-10-14(19)16-9-12-6-4-8-20-12/h2-8H,9-10H2,1H3,(H,16,19)(H2,17,18,21). The van der Waals surface area contributed by atoms with Crippen molar-refractivity contribution in [1.82, 2.24) is 10.6 Å². The van der Waals surface area contributed by atoms with Crippen molar-refractivity contribution in [2.75, 3.05) is 11.9 Å². The molecular weight excluding hydrogens is 286 g/mol. The summed E-state index contributed by atoms with van der Waals surface area (Å²) in [4.78, 5) is 11.7. The Hall–Kier alpha value is -2.34. The second-order valence-electron chi connectivity index (χ2n) is 4.48. The van der Waals surface area contributed by atoms with Gasteiger partial charge in [-0.2, -0.15) is 0 Å². The first-order valence-corrected chi connectivity index (χ1v) is 6.95. The van der Waals surface area contributed by atoms with Gasteiger partial charge in [-0.05, 0) is 42.9 Å². The smallest absolute Gasteiger partial charge is 0.239 e. The van der Waals surface area contributed by atoms with Crippen LogP contribution >= 0.6 is 12.2 Å². The monoisotopic (exact) mass is 303 g/mol. The quantitative estimate of drug-likeness (QED) is 0.739. The molecule has 0 aliphatic heterocycles. The average molecular weight is 303 g/mol. The molecule has 1 aromatic carbocycles. The van der Waals surface area contributed by atoms with E-state index in [0.29, 0.717) is 17.4 Å². The number of thiocarbonyl (C=S) groups is 1. The zero-order valence-corrected chi connectivity index (χ0v) is 12.5. The zero-order valence-electron chi connectivity index (χ0n) is 11.7. The number of carbonyl (C=O) groups is 1. The lowest BCUT2D eigenvalue weighted by Crippen LogP contribution is -2.38. The van der Waals surface area contributed by atoms with E-state index in [9.17, 15) is 4.79 Å². The van der Waals surface area contributed by atoms with Crippen LogP contribution in [-0.2, 0) is 11.3 Å². The number of anilines is 1. The van der Waals surface area contributed by atoms with Crippen molar-refractivity contribution in [2.24, 2.45) is 0 Å². The van der Waals surface area contributed by atoms with Crippen LogP contribution < -0.4 is 16.0 Å². The first kappa shape index (κ1) is 15.1. The van der Waals surface area contributed by atoms with Gasteiger partial charge in [-0.25, -0.2) is 0 Å². The predicted octanol–water partition coefficient (Wildman–Crippen LogP) is 2.19. The predicted molar refractivity (Wildman–Crippen MR) is 86.0 cm³/mol. The van der Waals surface area contributed by atoms with E-state index in [-0.39, 0.29) is 12.5 Å². The molecule has 1 heterocycles. The minimum atomic E-state index is -0.152. The molecule has 0 fully saturated rings. The minimum absolute atomic E-state index is 0.110. The van der Waals surface area contributed by atoms with Gasteiger partial charge in [0.1, 0.15) is 5.76 Å². The van der Waals surface area contributed by atoms with Crippen LogP contribution in [0, 0.1) is 6.92 Å². The van der Waals surface area contributed by atoms with Crippen LogP contribution in [-0.4, -0.2) is 17.6 Å². The summed E-state index contributed by atoms with van der Waals surface area (Å²) >= 11 is 5.16. The van der Waals surface area contributed by atoms with Gasteiger partial charge in [0.05, 0.1) is 19.4 Å². The number of aryl methyl sites for hydroxylation is 1. The summed E-state index contributed by atoms with van der Waals surface area (Å²) in [5, 5.41) is 9.07. The number of benzene rings is 1. The van der Waals surface area contributed by atoms with Crippen molar-refractivity contribution in [3.05, 3.63) is 54.0 Å². The third kappa shape index (κ3) is 4.92. The van der Waals surface area contributed by atoms with Crippen molar-refractivity contribution in [3.8, 4) is 0 Å². The highest BCUT2D eigenvalue weighted by molar-refractivity contribution is 7.80. The molecule has 0 saturated carbocycles. The van der Waals surface area contributed by atoms with Gasteiger partial charge in [-0.15, -0.1) is 0 Å². The number of nitrogens with one attached hydrogen (secondary N) is 3. The number of carbonyl (C=O) groups excluding carboxylic acids is 1. The molecule has 6 heteroatoms. The summed E-state index contributed by atoms with van der Waals surface area (Å²) in [7, 11) is 0. The van der Waals surface area contributed by atoms with Gasteiger partial charge in [0, 0.05) is 5.69 Å². The molecule has 2 rings (SSSR count). The third-order valence-electron chi connectivity index (χ3n) is 2.84. The molecule has 21 heavy (non-hydrogen) atoms. The summed E-state index contributed by atoms with van der Waals surface area (Å²) in [6.07, 6.45) is 1.57. The molecule has 0 atom stereocenters. The third-order valence-corrected chi connectivity index (χ3v) is 3.09. The number of para-hydroxylation sites is 1. The Balaban J connectivity index is 1.71. The molecule has 1 aromatic heterocycles. The Bertz CT molecular complexity index is 611. The summed E-state index contributed by atoms with van der Waals surface area (Å²) in [5.41, 5.74) is 2.01. The maximum Gasteiger partial charge on any atom is 0.239 e. The first-order chi connectivity index (χ1) is 10.1. The lowest BCUT2D eigenvalue weighted by Gasteiger charge is -2.12. The molecular formula is C15H17N3O2S. The molecule has 0 bridgehead atoms. The van der Waals surface area contributed by atoms with Crippen molar-refractivity contribution < 1.29 is 9.21 Å². The van der Waals surface area contributed by atoms with Gasteiger partial charge in [0.2, 0.25) is 5.91 Å². The molecule has 5 nitrogen and oxygen atoms in total. The van der Waals surface area contributed by atoms with E-state index < -0.39 is 0 Å². The fraction of sp³-hybridized carbons (Fsp3) is 0.200. The summed E-state index contributed by atoms with van der Waals surface area (Å²) in [6, 6.07) is 11.4. The van der Waals surface area contributed by atoms with Crippen LogP contribution in [0.3, 0.4) is 0 Å². The fourth-order valence-electron chi connectivity index (χ4n) is 1.70. The van der Waals surface area contributed by atoms with Gasteiger partial charge in [0.25, 0.3) is 0 Å². The Kier molecular flexibility index (Phi) is 5.34. The molecule has 0 aliphatic carbocycles. The van der Waals surface area contributed by atoms with E-state index in [1.165, 1.54) is 0 Å². The Morgan fingerprint density at radius 3 is 2.71 bits per heavy atom. The van der Waals surface area contributed by atoms with Crippen molar-refractivity contribution >= 4 is 28.9 Å². The lowest BCUT2D eigenvalue weighted by molar-refractivity contribution is -0.120. The highest BCUT2D eigenvalue weighted by Gasteiger charge is 2.05. The minimum Gasteiger partial charge on any atom is -0.467 e. The van der Waals surface area contributed by atoms with E-state index in [4.69, 9.17) is 16.6 Å². The molecule has 0 spiro atoms. The van der Waals surface area contributed by atoms with Crippen LogP contribution in [0.15, 0.2) is 47.1 Å². The van der Waals surface area contributed by atoms with Gasteiger partial charge in [-0.3, -0.25) is 4.79 Å². The van der Waals surface area contributed by atoms with Crippen molar-refractivity contribution in [2.45, 2.75) is 13.5 Å². The highest BCUT2D eigenvalue weighted by atomic mass is 32.1. The van der Waals surface area contributed by atoms with E-state index in [2.05, 4.69) is 16.0 Å². The average Bonchev–Trinajstić information content (AvgIpc) is 2.99. The first-order valence-electron chi connectivity index (χ1n) is 6.54.